The Morgan fingerprint density at radius 2 is 1.93 bits per heavy atom. The van der Waals surface area contributed by atoms with Gasteiger partial charge in [-0.05, 0) is 19.9 Å². The number of hydrogen-bond acceptors (Lipinski definition) is 4. The molecule has 11 heteroatoms. The smallest absolute Gasteiger partial charge is 0.417 e. The molecule has 0 radical (unpaired) electrons. The number of aromatic amines is 1. The lowest BCUT2D eigenvalue weighted by Crippen LogP contribution is -2.46. The van der Waals surface area contributed by atoms with Crippen molar-refractivity contribution in [2.45, 2.75) is 44.6 Å². The van der Waals surface area contributed by atoms with E-state index >= 15 is 0 Å². The normalized spacial score (nSPS) is 26.8. The molecule has 1 saturated heterocycles. The van der Waals surface area contributed by atoms with Crippen molar-refractivity contribution < 1.29 is 31.4 Å². The van der Waals surface area contributed by atoms with Crippen LogP contribution in [0.2, 0.25) is 5.02 Å². The number of alkyl halides is 3. The molecule has 3 rings (SSSR count). The first kappa shape index (κ1) is 22.5. The van der Waals surface area contributed by atoms with Crippen LogP contribution in [0.25, 0.3) is 0 Å². The minimum Gasteiger partial charge on any atom is -0.493 e. The summed E-state index contributed by atoms with van der Waals surface area (Å²) in [7, 11) is 1.08. The van der Waals surface area contributed by atoms with Crippen molar-refractivity contribution in [3.05, 3.63) is 56.2 Å². The van der Waals surface area contributed by atoms with E-state index in [2.05, 4.69) is 9.97 Å². The summed E-state index contributed by atoms with van der Waals surface area (Å²) in [6.07, 6.45) is -6.23. The van der Waals surface area contributed by atoms with E-state index in [1.54, 1.807) is 0 Å². The highest BCUT2D eigenvalue weighted by molar-refractivity contribution is 6.30. The maximum Gasteiger partial charge on any atom is 0.417 e. The average Bonchev–Trinajstić information content (AvgIpc) is 2.94. The average molecular weight is 453 g/mol. The zero-order valence-corrected chi connectivity index (χ0v) is 17.1. The number of rotatable bonds is 3. The zero-order chi connectivity index (χ0) is 22.6. The minimum atomic E-state index is -4.80. The van der Waals surface area contributed by atoms with Gasteiger partial charge in [-0.3, -0.25) is 4.79 Å². The highest BCUT2D eigenvalue weighted by Crippen LogP contribution is 2.59. The molecule has 30 heavy (non-hydrogen) atoms. The Bertz CT molecular complexity index is 1040. The zero-order valence-electron chi connectivity index (χ0n) is 16.3. The lowest BCUT2D eigenvalue weighted by atomic mass is 9.77. The SMILES string of the molecule is COc1c([C@H]2[C@H](c3nc(C)c(Cl)c(=O)[nH]3)O[C@@](C)(C(F)(F)F)[C@H]2C)ccc(F)c1F. The number of halogens is 6. The number of nitrogens with zero attached hydrogens (tertiary/aromatic N) is 1. The fraction of sp³-hybridized carbons (Fsp3) is 0.474. The van der Waals surface area contributed by atoms with Gasteiger partial charge in [-0.15, -0.1) is 0 Å². The lowest BCUT2D eigenvalue weighted by molar-refractivity contribution is -0.275. The van der Waals surface area contributed by atoms with Gasteiger partial charge in [-0.25, -0.2) is 9.37 Å². The molecule has 4 atom stereocenters. The fourth-order valence-electron chi connectivity index (χ4n) is 3.78. The van der Waals surface area contributed by atoms with Crippen molar-refractivity contribution in [3.8, 4) is 5.75 Å². The first-order valence-electron chi connectivity index (χ1n) is 8.86. The quantitative estimate of drug-likeness (QED) is 0.677. The van der Waals surface area contributed by atoms with Crippen molar-refractivity contribution in [2.75, 3.05) is 7.11 Å². The summed E-state index contributed by atoms with van der Waals surface area (Å²) in [6.45, 7) is 3.55. The largest absolute Gasteiger partial charge is 0.493 e. The van der Waals surface area contributed by atoms with Gasteiger partial charge in [0.2, 0.25) is 5.82 Å². The first-order valence-corrected chi connectivity index (χ1v) is 9.24. The number of aromatic nitrogens is 2. The van der Waals surface area contributed by atoms with Crippen LogP contribution in [0.15, 0.2) is 16.9 Å². The summed E-state index contributed by atoms with van der Waals surface area (Å²) >= 11 is 5.81. The molecule has 164 valence electrons. The molecule has 0 unspecified atom stereocenters. The summed E-state index contributed by atoms with van der Waals surface area (Å²) in [4.78, 5) is 18.5. The van der Waals surface area contributed by atoms with Gasteiger partial charge in [-0.1, -0.05) is 24.6 Å². The van der Waals surface area contributed by atoms with Crippen LogP contribution >= 0.6 is 11.6 Å². The van der Waals surface area contributed by atoms with Crippen LogP contribution in [-0.2, 0) is 4.74 Å². The molecule has 0 saturated carbocycles. The molecule has 1 N–H and O–H groups in total. The Kier molecular flexibility index (Phi) is 5.61. The van der Waals surface area contributed by atoms with Crippen LogP contribution < -0.4 is 10.3 Å². The topological polar surface area (TPSA) is 64.2 Å². The number of methoxy groups -OCH3 is 1. The third-order valence-corrected chi connectivity index (χ3v) is 6.07. The molecule has 0 aliphatic carbocycles. The summed E-state index contributed by atoms with van der Waals surface area (Å²) in [5.74, 6) is -5.76. The molecule has 0 amide bonds. The summed E-state index contributed by atoms with van der Waals surface area (Å²) in [5.41, 5.74) is -3.38. The minimum absolute atomic E-state index is 0.0443. The van der Waals surface area contributed by atoms with Crippen molar-refractivity contribution in [2.24, 2.45) is 5.92 Å². The third-order valence-electron chi connectivity index (χ3n) is 5.63. The summed E-state index contributed by atoms with van der Waals surface area (Å²) in [5, 5.41) is -0.217. The summed E-state index contributed by atoms with van der Waals surface area (Å²) < 4.78 is 80.2. The Hall–Kier alpha value is -2.20. The second-order valence-electron chi connectivity index (χ2n) is 7.29. The molecule has 0 spiro atoms. The number of benzene rings is 1. The van der Waals surface area contributed by atoms with Gasteiger partial charge in [0.25, 0.3) is 5.56 Å². The monoisotopic (exact) mass is 452 g/mol. The van der Waals surface area contributed by atoms with Crippen LogP contribution in [0, 0.1) is 24.5 Å². The highest BCUT2D eigenvalue weighted by Gasteiger charge is 2.65. The van der Waals surface area contributed by atoms with Crippen LogP contribution in [0.1, 0.15) is 43.0 Å². The van der Waals surface area contributed by atoms with Crippen molar-refractivity contribution in [3.63, 3.8) is 0 Å². The van der Waals surface area contributed by atoms with E-state index in [1.165, 1.54) is 13.8 Å². The van der Waals surface area contributed by atoms with E-state index in [0.717, 1.165) is 26.2 Å². The van der Waals surface area contributed by atoms with E-state index < -0.39 is 52.7 Å². The van der Waals surface area contributed by atoms with E-state index in [-0.39, 0.29) is 22.1 Å². The number of H-pyrrole nitrogens is 1. The molecule has 1 aliphatic heterocycles. The Labute approximate surface area is 173 Å². The molecule has 0 bridgehead atoms. The van der Waals surface area contributed by atoms with Gasteiger partial charge in [0.1, 0.15) is 17.0 Å². The second kappa shape index (κ2) is 7.49. The van der Waals surface area contributed by atoms with Crippen LogP contribution in [0.3, 0.4) is 0 Å². The number of aryl methyl sites for hydroxylation is 1. The first-order chi connectivity index (χ1) is 13.8. The Balaban J connectivity index is 2.27. The molecule has 5 nitrogen and oxygen atoms in total. The van der Waals surface area contributed by atoms with Crippen molar-refractivity contribution in [1.29, 1.82) is 0 Å². The molecule has 1 fully saturated rings. The number of ether oxygens (including phenoxy) is 2. The molecule has 2 heterocycles. The van der Waals surface area contributed by atoms with Gasteiger partial charge in [0, 0.05) is 17.4 Å². The predicted molar refractivity (Wildman–Crippen MR) is 97.7 cm³/mol. The van der Waals surface area contributed by atoms with Crippen LogP contribution in [0.4, 0.5) is 22.0 Å². The molecule has 1 aromatic carbocycles. The maximum atomic E-state index is 14.3. The Morgan fingerprint density at radius 3 is 2.47 bits per heavy atom. The van der Waals surface area contributed by atoms with Gasteiger partial charge in [0.05, 0.1) is 12.8 Å². The van der Waals surface area contributed by atoms with Crippen molar-refractivity contribution >= 4 is 11.6 Å². The maximum absolute atomic E-state index is 14.3. The van der Waals surface area contributed by atoms with Gasteiger partial charge in [-0.2, -0.15) is 17.6 Å². The predicted octanol–water partition coefficient (Wildman–Crippen LogP) is 4.83. The highest BCUT2D eigenvalue weighted by atomic mass is 35.5. The molecule has 1 aromatic heterocycles. The van der Waals surface area contributed by atoms with E-state index in [1.807, 2.05) is 0 Å². The van der Waals surface area contributed by atoms with Gasteiger partial charge < -0.3 is 14.5 Å². The number of hydrogen-bond donors (Lipinski definition) is 1. The fourth-order valence-corrected chi connectivity index (χ4v) is 3.87. The van der Waals surface area contributed by atoms with Gasteiger partial charge >= 0.3 is 6.18 Å². The molecular formula is C19H18ClF5N2O3. The van der Waals surface area contributed by atoms with Gasteiger partial charge in [0.15, 0.2) is 17.2 Å². The van der Waals surface area contributed by atoms with E-state index in [4.69, 9.17) is 21.1 Å². The van der Waals surface area contributed by atoms with E-state index in [9.17, 15) is 26.7 Å². The Morgan fingerprint density at radius 1 is 1.30 bits per heavy atom. The molecule has 1 aliphatic rings. The van der Waals surface area contributed by atoms with Crippen molar-refractivity contribution in [1.82, 2.24) is 9.97 Å². The molecular weight excluding hydrogens is 435 g/mol. The molecule has 2 aromatic rings. The van der Waals surface area contributed by atoms with Crippen LogP contribution in [0.5, 0.6) is 5.75 Å². The second-order valence-corrected chi connectivity index (χ2v) is 7.67. The standard InChI is InChI=1S/C19H18ClF5N2O3/c1-7-11(9-5-6-10(21)13(22)14(9)29-4)15(30-18(7,3)19(23,24)25)16-26-8(2)12(20)17(28)27-16/h5-7,11,15H,1-4H3,(H,26,27,28)/t7-,11-,15+,18+/m0/s1. The van der Waals surface area contributed by atoms with E-state index in [0.29, 0.717) is 0 Å². The third kappa shape index (κ3) is 3.35. The number of nitrogens with one attached hydrogen (secondary N) is 1. The van der Waals surface area contributed by atoms with Crippen LogP contribution in [-0.4, -0.2) is 28.9 Å². The lowest BCUT2D eigenvalue weighted by Gasteiger charge is -2.32. The summed E-state index contributed by atoms with van der Waals surface area (Å²) in [6, 6.07) is 1.93.